The van der Waals surface area contributed by atoms with Crippen LogP contribution in [-0.2, 0) is 11.3 Å². The van der Waals surface area contributed by atoms with Crippen LogP contribution in [0.2, 0.25) is 0 Å². The van der Waals surface area contributed by atoms with E-state index in [4.69, 9.17) is 0 Å². The van der Waals surface area contributed by atoms with E-state index in [1.54, 1.807) is 19.2 Å². The summed E-state index contributed by atoms with van der Waals surface area (Å²) in [4.78, 5) is 26.3. The Morgan fingerprint density at radius 1 is 1.24 bits per heavy atom. The van der Waals surface area contributed by atoms with Gasteiger partial charge in [-0.2, -0.15) is 5.10 Å². The van der Waals surface area contributed by atoms with Crippen LogP contribution in [0.25, 0.3) is 10.2 Å². The standard InChI is InChI=1S/C21H25FN4O2S/c1-12(2)9-17(19(27)23-4)24-20(28)18-10-16-13(3)25-26(21(16)29-18)11-14-5-7-15(22)8-6-14/h5-8,10,12,17H,9,11H2,1-4H3,(H,23,27)(H,24,28). The van der Waals surface area contributed by atoms with E-state index in [9.17, 15) is 14.0 Å². The van der Waals surface area contributed by atoms with E-state index in [1.165, 1.54) is 23.5 Å². The van der Waals surface area contributed by atoms with Crippen molar-refractivity contribution in [3.8, 4) is 0 Å². The number of likely N-dealkylation sites (N-methyl/N-ethyl adjacent to an activating group) is 1. The van der Waals surface area contributed by atoms with Crippen LogP contribution in [0.15, 0.2) is 30.3 Å². The molecule has 154 valence electrons. The van der Waals surface area contributed by atoms with Gasteiger partial charge in [0.15, 0.2) is 0 Å². The largest absolute Gasteiger partial charge is 0.357 e. The molecule has 1 aromatic carbocycles. The number of rotatable bonds is 7. The molecule has 1 atom stereocenters. The normalized spacial score (nSPS) is 12.3. The van der Waals surface area contributed by atoms with E-state index in [2.05, 4.69) is 15.7 Å². The zero-order valence-corrected chi connectivity index (χ0v) is 17.8. The van der Waals surface area contributed by atoms with Gasteiger partial charge in [0.25, 0.3) is 5.91 Å². The Balaban J connectivity index is 1.84. The second-order valence-electron chi connectivity index (χ2n) is 7.47. The lowest BCUT2D eigenvalue weighted by molar-refractivity contribution is -0.122. The first-order chi connectivity index (χ1) is 13.8. The molecule has 0 saturated heterocycles. The molecular formula is C21H25FN4O2S. The summed E-state index contributed by atoms with van der Waals surface area (Å²) in [5.41, 5.74) is 1.74. The van der Waals surface area contributed by atoms with Gasteiger partial charge in [-0.25, -0.2) is 4.39 Å². The number of carbonyl (C=O) groups is 2. The molecule has 29 heavy (non-hydrogen) atoms. The number of hydrogen-bond acceptors (Lipinski definition) is 4. The average Bonchev–Trinajstić information content (AvgIpc) is 3.23. The summed E-state index contributed by atoms with van der Waals surface area (Å²) in [7, 11) is 1.56. The van der Waals surface area contributed by atoms with E-state index in [0.717, 1.165) is 21.5 Å². The van der Waals surface area contributed by atoms with E-state index >= 15 is 0 Å². The molecule has 6 nitrogen and oxygen atoms in total. The number of amides is 2. The van der Waals surface area contributed by atoms with Crippen molar-refractivity contribution in [2.45, 2.75) is 39.8 Å². The molecule has 1 unspecified atom stereocenters. The van der Waals surface area contributed by atoms with E-state index < -0.39 is 6.04 Å². The Labute approximate surface area is 173 Å². The highest BCUT2D eigenvalue weighted by Gasteiger charge is 2.23. The Bertz CT molecular complexity index is 1020. The topological polar surface area (TPSA) is 76.0 Å². The van der Waals surface area contributed by atoms with Crippen molar-refractivity contribution in [1.82, 2.24) is 20.4 Å². The molecular weight excluding hydrogens is 391 g/mol. The number of fused-ring (bicyclic) bond motifs is 1. The van der Waals surface area contributed by atoms with Crippen LogP contribution >= 0.6 is 11.3 Å². The predicted molar refractivity (Wildman–Crippen MR) is 113 cm³/mol. The molecule has 0 aliphatic heterocycles. The molecule has 8 heteroatoms. The van der Waals surface area contributed by atoms with Crippen LogP contribution in [0, 0.1) is 18.7 Å². The first kappa shape index (κ1) is 21.0. The molecule has 2 amide bonds. The third-order valence-electron chi connectivity index (χ3n) is 4.65. The fourth-order valence-electron chi connectivity index (χ4n) is 3.20. The number of halogens is 1. The monoisotopic (exact) mass is 416 g/mol. The summed E-state index contributed by atoms with van der Waals surface area (Å²) in [6.07, 6.45) is 0.563. The average molecular weight is 417 g/mol. The molecule has 0 fully saturated rings. The lowest BCUT2D eigenvalue weighted by atomic mass is 10.0. The first-order valence-corrected chi connectivity index (χ1v) is 10.3. The van der Waals surface area contributed by atoms with Crippen molar-refractivity contribution in [2.24, 2.45) is 5.92 Å². The number of benzene rings is 1. The second-order valence-corrected chi connectivity index (χ2v) is 8.50. The van der Waals surface area contributed by atoms with E-state index in [-0.39, 0.29) is 23.5 Å². The Morgan fingerprint density at radius 2 is 1.93 bits per heavy atom. The van der Waals surface area contributed by atoms with Gasteiger partial charge in [0.05, 0.1) is 17.1 Å². The van der Waals surface area contributed by atoms with E-state index in [1.807, 2.05) is 31.5 Å². The minimum atomic E-state index is -0.575. The Hall–Kier alpha value is -2.74. The van der Waals surface area contributed by atoms with Gasteiger partial charge in [-0.1, -0.05) is 26.0 Å². The summed E-state index contributed by atoms with van der Waals surface area (Å²) in [6.45, 7) is 6.40. The van der Waals surface area contributed by atoms with Gasteiger partial charge >= 0.3 is 0 Å². The Kier molecular flexibility index (Phi) is 6.32. The lowest BCUT2D eigenvalue weighted by Crippen LogP contribution is -2.46. The van der Waals surface area contributed by atoms with E-state index in [0.29, 0.717) is 17.8 Å². The number of hydrogen-bond donors (Lipinski definition) is 2. The van der Waals surface area contributed by atoms with Crippen molar-refractivity contribution in [3.63, 3.8) is 0 Å². The third kappa shape index (κ3) is 4.82. The highest BCUT2D eigenvalue weighted by atomic mass is 32.1. The zero-order chi connectivity index (χ0) is 21.1. The van der Waals surface area contributed by atoms with Gasteiger partial charge in [0.1, 0.15) is 16.7 Å². The van der Waals surface area contributed by atoms with Crippen LogP contribution in [0.5, 0.6) is 0 Å². The molecule has 2 N–H and O–H groups in total. The van der Waals surface area contributed by atoms with Crippen molar-refractivity contribution in [2.75, 3.05) is 7.05 Å². The van der Waals surface area contributed by atoms with Crippen molar-refractivity contribution in [1.29, 1.82) is 0 Å². The van der Waals surface area contributed by atoms with Crippen molar-refractivity contribution >= 4 is 33.4 Å². The summed E-state index contributed by atoms with van der Waals surface area (Å²) in [5, 5.41) is 10.9. The lowest BCUT2D eigenvalue weighted by Gasteiger charge is -2.18. The predicted octanol–water partition coefficient (Wildman–Crippen LogP) is 3.48. The zero-order valence-electron chi connectivity index (χ0n) is 17.0. The smallest absolute Gasteiger partial charge is 0.262 e. The number of thiophene rings is 1. The fraction of sp³-hybridized carbons (Fsp3) is 0.381. The Morgan fingerprint density at radius 3 is 2.55 bits per heavy atom. The molecule has 0 spiro atoms. The molecule has 0 saturated carbocycles. The second kappa shape index (κ2) is 8.73. The summed E-state index contributed by atoms with van der Waals surface area (Å²) in [6, 6.07) is 7.52. The molecule has 3 aromatic rings. The van der Waals surface area contributed by atoms with Crippen molar-refractivity contribution in [3.05, 3.63) is 52.3 Å². The molecule has 2 heterocycles. The maximum atomic E-state index is 13.1. The summed E-state index contributed by atoms with van der Waals surface area (Å²) < 4.78 is 15.0. The van der Waals surface area contributed by atoms with Gasteiger partial charge in [-0.3, -0.25) is 14.3 Å². The maximum absolute atomic E-state index is 13.1. The van der Waals surface area contributed by atoms with Crippen LogP contribution in [-0.4, -0.2) is 34.7 Å². The van der Waals surface area contributed by atoms with Gasteiger partial charge in [-0.15, -0.1) is 11.3 Å². The minimum absolute atomic E-state index is 0.202. The molecule has 0 radical (unpaired) electrons. The quantitative estimate of drug-likeness (QED) is 0.619. The summed E-state index contributed by atoms with van der Waals surface area (Å²) >= 11 is 1.34. The number of carbonyl (C=O) groups excluding carboxylic acids is 2. The number of aryl methyl sites for hydroxylation is 1. The highest BCUT2D eigenvalue weighted by Crippen LogP contribution is 2.29. The number of nitrogens with zero attached hydrogens (tertiary/aromatic N) is 2. The van der Waals surface area contributed by atoms with Gasteiger partial charge in [0.2, 0.25) is 5.91 Å². The molecule has 2 aromatic heterocycles. The van der Waals surface area contributed by atoms with Crippen LogP contribution in [0.4, 0.5) is 4.39 Å². The van der Waals surface area contributed by atoms with Gasteiger partial charge in [0, 0.05) is 12.4 Å². The fourth-order valence-corrected chi connectivity index (χ4v) is 4.27. The molecule has 0 aliphatic carbocycles. The van der Waals surface area contributed by atoms with Crippen molar-refractivity contribution < 1.29 is 14.0 Å². The molecule has 0 aliphatic rings. The van der Waals surface area contributed by atoms with Gasteiger partial charge < -0.3 is 10.6 Å². The van der Waals surface area contributed by atoms with Crippen LogP contribution in [0.3, 0.4) is 0 Å². The highest BCUT2D eigenvalue weighted by molar-refractivity contribution is 7.20. The maximum Gasteiger partial charge on any atom is 0.262 e. The molecule has 0 bridgehead atoms. The molecule has 3 rings (SSSR count). The third-order valence-corrected chi connectivity index (χ3v) is 5.80. The van der Waals surface area contributed by atoms with Crippen LogP contribution in [0.1, 0.15) is 41.2 Å². The van der Waals surface area contributed by atoms with Gasteiger partial charge in [-0.05, 0) is 43.0 Å². The first-order valence-electron chi connectivity index (χ1n) is 9.52. The minimum Gasteiger partial charge on any atom is -0.357 e. The van der Waals surface area contributed by atoms with Crippen LogP contribution < -0.4 is 10.6 Å². The summed E-state index contributed by atoms with van der Waals surface area (Å²) in [5.74, 6) is -0.482. The number of nitrogens with one attached hydrogen (secondary N) is 2. The SMILES string of the molecule is CNC(=O)C(CC(C)C)NC(=O)c1cc2c(C)nn(Cc3ccc(F)cc3)c2s1. The number of aromatic nitrogens is 2.